The van der Waals surface area contributed by atoms with Gasteiger partial charge in [0.2, 0.25) is 29.4 Å². The first-order valence-electron chi connectivity index (χ1n) is 16.8. The third-order valence-electron chi connectivity index (χ3n) is 7.99. The van der Waals surface area contributed by atoms with E-state index in [-0.39, 0.29) is 37.3 Å². The highest BCUT2D eigenvalue weighted by molar-refractivity contribution is 6.38. The van der Waals surface area contributed by atoms with Gasteiger partial charge in [-0.25, -0.2) is 4.79 Å². The molecule has 2 rings (SSSR count). The highest BCUT2D eigenvalue weighted by Gasteiger charge is 2.45. The molecule has 5 atom stereocenters. The number of likely N-dealkylation sites (tertiary alicyclic amines) is 1. The standard InChI is InChI=1S/C35H54N6O8/c1-10-14-24(28(43)31(45)36-18-26(42)38-27(32(46)40(8)9)23-15-12-11-13-16-23)37-30(44)25-17-22(4)19-41(25)33(47)29(35(5,6)7)39-34(48)49-20-21(2)3/h11-13,15-16,21-22,24-25,27,29H,10,14,17-20H2,1-9H3,(H,36,45)(H,37,44)(H,38,42)(H,39,48)/t22-,24?,25+,27?,29-/m1/s1. The second kappa shape index (κ2) is 18.3. The van der Waals surface area contributed by atoms with Gasteiger partial charge in [0.15, 0.2) is 0 Å². The van der Waals surface area contributed by atoms with Crippen molar-refractivity contribution in [3.05, 3.63) is 35.9 Å². The maximum Gasteiger partial charge on any atom is 0.407 e. The van der Waals surface area contributed by atoms with Crippen molar-refractivity contribution in [1.29, 1.82) is 0 Å². The number of Topliss-reactive ketones (excluding diaryl/α,β-unsaturated/α-hetero) is 1. The van der Waals surface area contributed by atoms with Crippen molar-refractivity contribution in [1.82, 2.24) is 31.1 Å². The molecule has 1 saturated heterocycles. The zero-order valence-electron chi connectivity index (χ0n) is 30.3. The lowest BCUT2D eigenvalue weighted by Gasteiger charge is -2.35. The first-order valence-corrected chi connectivity index (χ1v) is 16.8. The van der Waals surface area contributed by atoms with Crippen molar-refractivity contribution in [3.63, 3.8) is 0 Å². The number of ether oxygens (including phenoxy) is 1. The van der Waals surface area contributed by atoms with Crippen molar-refractivity contribution in [2.75, 3.05) is 33.8 Å². The van der Waals surface area contributed by atoms with E-state index in [4.69, 9.17) is 4.74 Å². The van der Waals surface area contributed by atoms with Gasteiger partial charge in [-0.2, -0.15) is 0 Å². The molecule has 0 aromatic heterocycles. The zero-order valence-corrected chi connectivity index (χ0v) is 30.3. The lowest BCUT2D eigenvalue weighted by atomic mass is 9.85. The third kappa shape index (κ3) is 12.2. The van der Waals surface area contributed by atoms with Crippen LogP contribution in [0.1, 0.15) is 79.3 Å². The molecule has 14 heteroatoms. The molecular formula is C35H54N6O8. The lowest BCUT2D eigenvalue weighted by molar-refractivity contribution is -0.144. The number of alkyl carbamates (subject to hydrolysis) is 1. The molecule has 0 spiro atoms. The van der Waals surface area contributed by atoms with Crippen LogP contribution in [-0.2, 0) is 33.5 Å². The normalized spacial score (nSPS) is 17.7. The average Bonchev–Trinajstić information content (AvgIpc) is 3.44. The fourth-order valence-corrected chi connectivity index (χ4v) is 5.39. The number of rotatable bonds is 15. The Morgan fingerprint density at radius 2 is 1.61 bits per heavy atom. The average molecular weight is 687 g/mol. The zero-order chi connectivity index (χ0) is 37.1. The second-order valence-electron chi connectivity index (χ2n) is 14.3. The molecule has 1 aliphatic rings. The Morgan fingerprint density at radius 3 is 2.16 bits per heavy atom. The number of nitrogens with zero attached hydrogens (tertiary/aromatic N) is 2. The molecule has 1 heterocycles. The van der Waals surface area contributed by atoms with Gasteiger partial charge in [-0.05, 0) is 35.7 Å². The molecule has 272 valence electrons. The van der Waals surface area contributed by atoms with E-state index in [0.29, 0.717) is 18.4 Å². The van der Waals surface area contributed by atoms with Crippen molar-refractivity contribution in [2.24, 2.45) is 17.3 Å². The fraction of sp³-hybridized carbons (Fsp3) is 0.629. The van der Waals surface area contributed by atoms with E-state index >= 15 is 0 Å². The van der Waals surface area contributed by atoms with E-state index in [1.54, 1.807) is 72.1 Å². The van der Waals surface area contributed by atoms with E-state index in [1.807, 2.05) is 20.8 Å². The summed E-state index contributed by atoms with van der Waals surface area (Å²) in [5.41, 5.74) is -0.167. The number of amides is 6. The summed E-state index contributed by atoms with van der Waals surface area (Å²) in [7, 11) is 3.11. The van der Waals surface area contributed by atoms with Crippen LogP contribution in [0.5, 0.6) is 0 Å². The van der Waals surface area contributed by atoms with Crippen LogP contribution in [0.15, 0.2) is 30.3 Å². The molecule has 4 N–H and O–H groups in total. The highest BCUT2D eigenvalue weighted by atomic mass is 16.5. The molecule has 1 aromatic carbocycles. The third-order valence-corrected chi connectivity index (χ3v) is 7.99. The molecule has 1 aliphatic heterocycles. The predicted octanol–water partition coefficient (Wildman–Crippen LogP) is 1.94. The summed E-state index contributed by atoms with van der Waals surface area (Å²) in [6.45, 7) is 12.7. The Morgan fingerprint density at radius 1 is 0.980 bits per heavy atom. The summed E-state index contributed by atoms with van der Waals surface area (Å²) in [5.74, 6) is -4.09. The number of carbonyl (C=O) groups excluding carboxylic acids is 7. The highest BCUT2D eigenvalue weighted by Crippen LogP contribution is 2.28. The number of hydrogen-bond donors (Lipinski definition) is 4. The maximum atomic E-state index is 13.9. The Balaban J connectivity index is 2.12. The van der Waals surface area contributed by atoms with Crippen LogP contribution in [0.3, 0.4) is 0 Å². The van der Waals surface area contributed by atoms with Crippen LogP contribution in [0.4, 0.5) is 4.79 Å². The van der Waals surface area contributed by atoms with Crippen LogP contribution in [0, 0.1) is 17.3 Å². The van der Waals surface area contributed by atoms with Crippen molar-refractivity contribution < 1.29 is 38.3 Å². The fourth-order valence-electron chi connectivity index (χ4n) is 5.39. The molecule has 1 aromatic rings. The molecule has 0 saturated carbocycles. The Hall–Kier alpha value is -4.49. The van der Waals surface area contributed by atoms with Gasteiger partial charge in [-0.1, -0.05) is 85.2 Å². The van der Waals surface area contributed by atoms with Gasteiger partial charge in [-0.15, -0.1) is 0 Å². The largest absolute Gasteiger partial charge is 0.449 e. The number of carbonyl (C=O) groups is 7. The lowest BCUT2D eigenvalue weighted by Crippen LogP contribution is -2.59. The second-order valence-corrected chi connectivity index (χ2v) is 14.3. The van der Waals surface area contributed by atoms with E-state index in [9.17, 15) is 33.6 Å². The van der Waals surface area contributed by atoms with Crippen molar-refractivity contribution in [3.8, 4) is 0 Å². The number of hydrogen-bond acceptors (Lipinski definition) is 8. The van der Waals surface area contributed by atoms with Gasteiger partial charge in [-0.3, -0.25) is 28.8 Å². The van der Waals surface area contributed by atoms with Crippen molar-refractivity contribution >= 4 is 41.4 Å². The summed E-state index contributed by atoms with van der Waals surface area (Å²) in [6, 6.07) is 4.47. The summed E-state index contributed by atoms with van der Waals surface area (Å²) >= 11 is 0. The van der Waals surface area contributed by atoms with Crippen LogP contribution < -0.4 is 21.3 Å². The van der Waals surface area contributed by atoms with Gasteiger partial charge in [0.25, 0.3) is 5.91 Å². The van der Waals surface area contributed by atoms with Gasteiger partial charge in [0, 0.05) is 20.6 Å². The minimum Gasteiger partial charge on any atom is -0.449 e. The summed E-state index contributed by atoms with van der Waals surface area (Å²) < 4.78 is 5.24. The van der Waals surface area contributed by atoms with Crippen LogP contribution in [0.25, 0.3) is 0 Å². The summed E-state index contributed by atoms with van der Waals surface area (Å²) in [5, 5.41) is 10.2. The Bertz CT molecular complexity index is 1340. The SMILES string of the molecule is CCCC(NC(=O)[C@@H]1C[C@@H](C)CN1C(=O)[C@@H](NC(=O)OCC(C)C)C(C)(C)C)C(=O)C(=O)NCC(=O)NC(C(=O)N(C)C)c1ccccc1. The van der Waals surface area contributed by atoms with E-state index < -0.39 is 71.6 Å². The van der Waals surface area contributed by atoms with E-state index in [1.165, 1.54) is 9.80 Å². The summed E-state index contributed by atoms with van der Waals surface area (Å²) in [6.07, 6.45) is 0.179. The molecule has 6 amide bonds. The Kier molecular flexibility index (Phi) is 15.2. The number of benzene rings is 1. The van der Waals surface area contributed by atoms with Gasteiger partial charge >= 0.3 is 6.09 Å². The van der Waals surface area contributed by atoms with E-state index in [0.717, 1.165) is 0 Å². The molecular weight excluding hydrogens is 632 g/mol. The predicted molar refractivity (Wildman–Crippen MR) is 183 cm³/mol. The first-order chi connectivity index (χ1) is 22.9. The quantitative estimate of drug-likeness (QED) is 0.202. The monoisotopic (exact) mass is 686 g/mol. The van der Waals surface area contributed by atoms with Gasteiger partial charge in [0.05, 0.1) is 19.2 Å². The molecule has 0 radical (unpaired) electrons. The summed E-state index contributed by atoms with van der Waals surface area (Å²) in [4.78, 5) is 94.4. The van der Waals surface area contributed by atoms with Crippen molar-refractivity contribution in [2.45, 2.75) is 91.9 Å². The number of ketones is 1. The maximum absolute atomic E-state index is 13.9. The molecule has 0 aliphatic carbocycles. The molecule has 49 heavy (non-hydrogen) atoms. The van der Waals surface area contributed by atoms with E-state index in [2.05, 4.69) is 21.3 Å². The first kappa shape index (κ1) is 40.7. The molecule has 0 bridgehead atoms. The smallest absolute Gasteiger partial charge is 0.407 e. The van der Waals surface area contributed by atoms with Crippen LogP contribution in [0.2, 0.25) is 0 Å². The Labute approximate surface area is 289 Å². The number of nitrogens with one attached hydrogen (secondary N) is 4. The van der Waals surface area contributed by atoms with Gasteiger partial charge in [0.1, 0.15) is 18.1 Å². The molecule has 14 nitrogen and oxygen atoms in total. The molecule has 2 unspecified atom stereocenters. The topological polar surface area (TPSA) is 183 Å². The van der Waals surface area contributed by atoms with Crippen LogP contribution in [-0.4, -0.2) is 103 Å². The van der Waals surface area contributed by atoms with Gasteiger partial charge < -0.3 is 35.8 Å². The van der Waals surface area contributed by atoms with Crippen LogP contribution >= 0.6 is 0 Å². The minimum atomic E-state index is -1.21. The minimum absolute atomic E-state index is 0.0468. The number of likely N-dealkylation sites (N-methyl/N-ethyl adjacent to an activating group) is 1. The molecule has 1 fully saturated rings.